The van der Waals surface area contributed by atoms with Gasteiger partial charge in [0.2, 0.25) is 0 Å². The number of nitrogens with zero attached hydrogens (tertiary/aromatic N) is 4. The Kier molecular flexibility index (Phi) is 6.63. The van der Waals surface area contributed by atoms with Crippen LogP contribution in [0.1, 0.15) is 0 Å². The summed E-state index contributed by atoms with van der Waals surface area (Å²) in [5, 5.41) is 6.86. The van der Waals surface area contributed by atoms with Crippen molar-refractivity contribution in [3.05, 3.63) is 116 Å². The van der Waals surface area contributed by atoms with Crippen molar-refractivity contribution in [1.82, 2.24) is 19.3 Å². The molecule has 7 rings (SSSR count). The molecule has 0 fully saturated rings. The van der Waals surface area contributed by atoms with Crippen molar-refractivity contribution in [3.63, 3.8) is 0 Å². The van der Waals surface area contributed by atoms with Gasteiger partial charge >= 0.3 is 0 Å². The minimum absolute atomic E-state index is 0.686. The molecular weight excluding hydrogens is 540 g/mol. The molecule has 0 amide bonds. The van der Waals surface area contributed by atoms with Crippen LogP contribution in [0.4, 0.5) is 0 Å². The maximum absolute atomic E-state index is 6.41. The smallest absolute Gasteiger partial charge is 0.141 e. The molecule has 8 nitrogen and oxygen atoms in total. The predicted molar refractivity (Wildman–Crippen MR) is 167 cm³/mol. The Bertz CT molecular complexity index is 2070. The molecule has 0 aliphatic rings. The van der Waals surface area contributed by atoms with E-state index in [0.29, 0.717) is 23.0 Å². The van der Waals surface area contributed by atoms with E-state index in [0.717, 1.165) is 50.2 Å². The minimum atomic E-state index is 0.686. The third-order valence-electron chi connectivity index (χ3n) is 7.44. The fourth-order valence-corrected chi connectivity index (χ4v) is 5.46. The Morgan fingerprint density at radius 2 is 1.40 bits per heavy atom. The molecule has 0 aliphatic carbocycles. The van der Waals surface area contributed by atoms with Crippen molar-refractivity contribution < 1.29 is 18.9 Å². The maximum Gasteiger partial charge on any atom is 0.141 e. The molecule has 3 aromatic heterocycles. The van der Waals surface area contributed by atoms with Gasteiger partial charge in [0.15, 0.2) is 0 Å². The molecule has 0 radical (unpaired) electrons. The van der Waals surface area contributed by atoms with E-state index in [2.05, 4.69) is 32.8 Å². The summed E-state index contributed by atoms with van der Waals surface area (Å²) >= 11 is 0. The first kappa shape index (κ1) is 26.2. The number of fused-ring (bicyclic) bond motifs is 3. The van der Waals surface area contributed by atoms with Crippen molar-refractivity contribution in [2.24, 2.45) is 0 Å². The van der Waals surface area contributed by atoms with Gasteiger partial charge in [0, 0.05) is 46.9 Å². The van der Waals surface area contributed by atoms with Gasteiger partial charge < -0.3 is 18.9 Å². The van der Waals surface area contributed by atoms with Gasteiger partial charge in [0.25, 0.3) is 0 Å². The van der Waals surface area contributed by atoms with E-state index in [9.17, 15) is 0 Å². The summed E-state index contributed by atoms with van der Waals surface area (Å²) in [5.41, 5.74) is 4.62. The summed E-state index contributed by atoms with van der Waals surface area (Å²) < 4.78 is 27.0. The first-order valence-electron chi connectivity index (χ1n) is 13.7. The summed E-state index contributed by atoms with van der Waals surface area (Å²) in [6.45, 7) is 0. The second-order valence-corrected chi connectivity index (χ2v) is 9.90. The van der Waals surface area contributed by atoms with E-state index in [1.807, 2.05) is 89.7 Å². The van der Waals surface area contributed by atoms with Gasteiger partial charge in [-0.2, -0.15) is 5.10 Å². The van der Waals surface area contributed by atoms with Gasteiger partial charge in [-0.1, -0.05) is 30.3 Å². The fraction of sp³-hybridized carbons (Fsp3) is 0.0857. The van der Waals surface area contributed by atoms with Crippen LogP contribution in [-0.4, -0.2) is 40.7 Å². The lowest BCUT2D eigenvalue weighted by Gasteiger charge is -2.11. The molecule has 0 unspecified atom stereocenters. The number of aromatic nitrogens is 4. The van der Waals surface area contributed by atoms with Crippen LogP contribution >= 0.6 is 0 Å². The molecule has 0 saturated heterocycles. The Hall–Kier alpha value is -5.76. The van der Waals surface area contributed by atoms with Crippen molar-refractivity contribution in [2.75, 3.05) is 21.3 Å². The van der Waals surface area contributed by atoms with E-state index in [4.69, 9.17) is 18.9 Å². The van der Waals surface area contributed by atoms with Gasteiger partial charge in [-0.3, -0.25) is 4.57 Å². The van der Waals surface area contributed by atoms with Crippen LogP contribution in [0.25, 0.3) is 44.4 Å². The first-order valence-corrected chi connectivity index (χ1v) is 13.7. The number of benzene rings is 4. The molecule has 212 valence electrons. The minimum Gasteiger partial charge on any atom is -0.497 e. The highest BCUT2D eigenvalue weighted by atomic mass is 16.5. The lowest BCUT2D eigenvalue weighted by molar-refractivity contribution is 0.397. The zero-order chi connectivity index (χ0) is 29.3. The zero-order valence-corrected chi connectivity index (χ0v) is 23.9. The van der Waals surface area contributed by atoms with Crippen molar-refractivity contribution >= 4 is 21.8 Å². The summed E-state index contributed by atoms with van der Waals surface area (Å²) in [6, 6.07) is 31.7. The SMILES string of the molecule is COc1ccnc(-n2c3ccccc3c3ccc(Oc4cccc(-n5cc(-c6c(OC)cccc6OC)cn5)c4)cc32)c1. The van der Waals surface area contributed by atoms with Crippen LogP contribution in [0.15, 0.2) is 116 Å². The standard InChI is InChI=1S/C35H28N4O4/c1-40-25-16-17-36-34(20-25)39-30-11-5-4-10-28(30)29-15-14-27(19-31(29)39)43-26-9-6-8-24(18-26)38-22-23(21-37-38)35-32(41-2)12-7-13-33(35)42-3/h4-22H,1-3H3. The average Bonchev–Trinajstić information content (AvgIpc) is 3.67. The first-order chi connectivity index (χ1) is 21.2. The molecule has 0 N–H and O–H groups in total. The molecule has 0 saturated carbocycles. The van der Waals surface area contributed by atoms with Crippen LogP contribution in [0, 0.1) is 0 Å². The number of hydrogen-bond acceptors (Lipinski definition) is 6. The van der Waals surface area contributed by atoms with Crippen LogP contribution in [-0.2, 0) is 0 Å². The normalized spacial score (nSPS) is 11.1. The summed E-state index contributed by atoms with van der Waals surface area (Å²) in [5.74, 6) is 4.33. The van der Waals surface area contributed by atoms with Crippen LogP contribution < -0.4 is 18.9 Å². The summed E-state index contributed by atoms with van der Waals surface area (Å²) in [7, 11) is 4.95. The Labute approximate surface area is 248 Å². The number of para-hydroxylation sites is 1. The predicted octanol–water partition coefficient (Wildman–Crippen LogP) is 7.85. The van der Waals surface area contributed by atoms with E-state index in [1.54, 1.807) is 33.7 Å². The molecular formula is C35H28N4O4. The lowest BCUT2D eigenvalue weighted by atomic mass is 10.1. The van der Waals surface area contributed by atoms with Crippen molar-refractivity contribution in [2.45, 2.75) is 0 Å². The highest BCUT2D eigenvalue weighted by Gasteiger charge is 2.16. The third-order valence-corrected chi connectivity index (χ3v) is 7.44. The molecule has 43 heavy (non-hydrogen) atoms. The van der Waals surface area contributed by atoms with Gasteiger partial charge in [-0.15, -0.1) is 0 Å². The van der Waals surface area contributed by atoms with Gasteiger partial charge in [0.05, 0.1) is 49.8 Å². The molecule has 7 aromatic rings. The number of ether oxygens (including phenoxy) is 4. The molecule has 0 atom stereocenters. The monoisotopic (exact) mass is 568 g/mol. The van der Waals surface area contributed by atoms with Crippen LogP contribution in [0.5, 0.6) is 28.7 Å². The molecule has 0 spiro atoms. The second kappa shape index (κ2) is 10.9. The number of hydrogen-bond donors (Lipinski definition) is 0. The molecule has 8 heteroatoms. The van der Waals surface area contributed by atoms with E-state index < -0.39 is 0 Å². The maximum atomic E-state index is 6.41. The molecule has 0 bridgehead atoms. The summed E-state index contributed by atoms with van der Waals surface area (Å²) in [6.07, 6.45) is 5.50. The highest BCUT2D eigenvalue weighted by Crippen LogP contribution is 2.39. The topological polar surface area (TPSA) is 72.6 Å². The van der Waals surface area contributed by atoms with Crippen molar-refractivity contribution in [3.8, 4) is 51.4 Å². The Balaban J connectivity index is 1.25. The van der Waals surface area contributed by atoms with Gasteiger partial charge in [-0.05, 0) is 48.5 Å². The van der Waals surface area contributed by atoms with E-state index in [-0.39, 0.29) is 0 Å². The van der Waals surface area contributed by atoms with Gasteiger partial charge in [0.1, 0.15) is 34.6 Å². The van der Waals surface area contributed by atoms with Crippen LogP contribution in [0.3, 0.4) is 0 Å². The van der Waals surface area contributed by atoms with Crippen molar-refractivity contribution in [1.29, 1.82) is 0 Å². The molecule has 0 aliphatic heterocycles. The fourth-order valence-electron chi connectivity index (χ4n) is 5.46. The Morgan fingerprint density at radius 1 is 0.628 bits per heavy atom. The van der Waals surface area contributed by atoms with E-state index >= 15 is 0 Å². The van der Waals surface area contributed by atoms with Crippen LogP contribution in [0.2, 0.25) is 0 Å². The largest absolute Gasteiger partial charge is 0.497 e. The zero-order valence-electron chi connectivity index (χ0n) is 23.9. The third kappa shape index (κ3) is 4.68. The molecule has 4 aromatic carbocycles. The second-order valence-electron chi connectivity index (χ2n) is 9.90. The quantitative estimate of drug-likeness (QED) is 0.186. The summed E-state index contributed by atoms with van der Waals surface area (Å²) in [4.78, 5) is 4.65. The number of methoxy groups -OCH3 is 3. The average molecular weight is 569 g/mol. The van der Waals surface area contributed by atoms with E-state index in [1.165, 1.54) is 0 Å². The molecule has 3 heterocycles. The number of rotatable bonds is 8. The highest BCUT2D eigenvalue weighted by molar-refractivity contribution is 6.09. The Morgan fingerprint density at radius 3 is 2.21 bits per heavy atom. The number of pyridine rings is 1. The lowest BCUT2D eigenvalue weighted by Crippen LogP contribution is -1.98. The van der Waals surface area contributed by atoms with Gasteiger partial charge in [-0.25, -0.2) is 9.67 Å².